The fourth-order valence-corrected chi connectivity index (χ4v) is 3.88. The Labute approximate surface area is 237 Å². The molecule has 4 radical (unpaired) electrons. The molecule has 5 heteroatoms. The van der Waals surface area contributed by atoms with Crippen LogP contribution in [0.1, 0.15) is 183 Å². The topological polar surface area (TPSA) is 74.6 Å². The summed E-state index contributed by atoms with van der Waals surface area (Å²) in [6.07, 6.45) is 28.7. The first kappa shape index (κ1) is 44.7. The predicted molar refractivity (Wildman–Crippen MR) is 157 cm³/mol. The van der Waals surface area contributed by atoms with Gasteiger partial charge in [-0.05, 0) is 12.8 Å². The van der Waals surface area contributed by atoms with Crippen LogP contribution >= 0.6 is 0 Å². The second-order valence-corrected chi connectivity index (χ2v) is 9.36. The maximum Gasteiger partial charge on any atom is 0.303 e. The van der Waals surface area contributed by atoms with Gasteiger partial charge in [0.25, 0.3) is 0 Å². The quantitative estimate of drug-likeness (QED) is 0.0846. The van der Waals surface area contributed by atoms with Crippen molar-refractivity contribution < 1.29 is 19.8 Å². The average Bonchev–Trinajstić information content (AvgIpc) is 2.76. The Bertz CT molecular complexity index is 353. The van der Waals surface area contributed by atoms with Crippen molar-refractivity contribution in [1.82, 2.24) is 0 Å². The number of hydrogen-bond donors (Lipinski definition) is 2. The predicted octanol–water partition coefficient (Wildman–Crippen LogP) is 10.4. The van der Waals surface area contributed by atoms with Crippen molar-refractivity contribution in [2.45, 2.75) is 183 Å². The normalized spacial score (nSPS) is 9.66. The minimum Gasteiger partial charge on any atom is -0.481 e. The first-order valence-electron chi connectivity index (χ1n) is 14.0. The third-order valence-electron chi connectivity index (χ3n) is 5.99. The molecule has 0 aliphatic rings. The summed E-state index contributed by atoms with van der Waals surface area (Å²) >= 11 is 0. The standard InChI is InChI=1S/2C14H28O2.2CH4.Sn/c2*1-2-3-4-5-6-7-8-9-10-11-12-13-14(15)16;;;/h2*2-13H2,1H3,(H,15,16);2*1H4;. The third kappa shape index (κ3) is 51.3. The number of aliphatic carboxylic acids is 2. The molecule has 0 saturated heterocycles. The Balaban J connectivity index is -0.000000158. The molecule has 2 N–H and O–H groups in total. The monoisotopic (exact) mass is 608 g/mol. The van der Waals surface area contributed by atoms with E-state index in [-0.39, 0.29) is 38.8 Å². The Kier molecular flexibility index (Phi) is 52.2. The van der Waals surface area contributed by atoms with Crippen LogP contribution in [-0.4, -0.2) is 46.1 Å². The molecule has 0 aromatic heterocycles. The number of rotatable bonds is 24. The zero-order valence-corrected chi connectivity index (χ0v) is 25.0. The Morgan fingerprint density at radius 1 is 0.400 bits per heavy atom. The summed E-state index contributed by atoms with van der Waals surface area (Å²) < 4.78 is 0. The van der Waals surface area contributed by atoms with Crippen molar-refractivity contribution in [3.8, 4) is 0 Å². The summed E-state index contributed by atoms with van der Waals surface area (Å²) in [5, 5.41) is 16.9. The third-order valence-corrected chi connectivity index (χ3v) is 5.99. The van der Waals surface area contributed by atoms with E-state index in [9.17, 15) is 9.59 Å². The molecule has 0 saturated carbocycles. The van der Waals surface area contributed by atoms with Crippen molar-refractivity contribution in [1.29, 1.82) is 0 Å². The molecule has 212 valence electrons. The number of carbonyl (C=O) groups is 2. The molecule has 0 aromatic carbocycles. The second kappa shape index (κ2) is 40.9. The Morgan fingerprint density at radius 2 is 0.571 bits per heavy atom. The smallest absolute Gasteiger partial charge is 0.303 e. The average molecular weight is 608 g/mol. The minimum atomic E-state index is -0.657. The van der Waals surface area contributed by atoms with Gasteiger partial charge in [0.1, 0.15) is 0 Å². The SMILES string of the molecule is C.C.CCCCCCCCCCCCCC(=O)O.CCCCCCCCCCCCCC(=O)O.[Sn]. The molecule has 0 unspecified atom stereocenters. The molecular weight excluding hydrogens is 543 g/mol. The molecule has 0 spiro atoms. The maximum absolute atomic E-state index is 10.3. The summed E-state index contributed by atoms with van der Waals surface area (Å²) in [5.41, 5.74) is 0. The van der Waals surface area contributed by atoms with Crippen molar-refractivity contribution in [2.75, 3.05) is 0 Å². The molecule has 0 aliphatic carbocycles. The molecule has 0 fully saturated rings. The van der Waals surface area contributed by atoms with Crippen LogP contribution in [0.2, 0.25) is 0 Å². The van der Waals surface area contributed by atoms with E-state index in [1.807, 2.05) is 0 Å². The summed E-state index contributed by atoms with van der Waals surface area (Å²) in [6.45, 7) is 4.49. The number of unbranched alkanes of at least 4 members (excludes halogenated alkanes) is 20. The van der Waals surface area contributed by atoms with Crippen LogP contribution in [-0.2, 0) is 9.59 Å². The van der Waals surface area contributed by atoms with Gasteiger partial charge in [-0.3, -0.25) is 9.59 Å². The second-order valence-electron chi connectivity index (χ2n) is 9.36. The van der Waals surface area contributed by atoms with Crippen LogP contribution in [0.4, 0.5) is 0 Å². The molecule has 0 bridgehead atoms. The fraction of sp³-hybridized carbons (Fsp3) is 0.933. The molecule has 0 amide bonds. The molecule has 0 aromatic rings. The van der Waals surface area contributed by atoms with Gasteiger partial charge in [-0.15, -0.1) is 0 Å². The number of carboxylic acids is 2. The van der Waals surface area contributed by atoms with E-state index < -0.39 is 11.9 Å². The van der Waals surface area contributed by atoms with Gasteiger partial charge in [-0.1, -0.05) is 157 Å². The fourth-order valence-electron chi connectivity index (χ4n) is 3.88. The number of hydrogen-bond acceptors (Lipinski definition) is 2. The van der Waals surface area contributed by atoms with Crippen LogP contribution in [0, 0.1) is 0 Å². The largest absolute Gasteiger partial charge is 0.481 e. The molecule has 35 heavy (non-hydrogen) atoms. The molecule has 0 rings (SSSR count). The number of carboxylic acid groups (broad SMARTS) is 2. The van der Waals surface area contributed by atoms with Crippen molar-refractivity contribution in [3.63, 3.8) is 0 Å². The van der Waals surface area contributed by atoms with Crippen molar-refractivity contribution in [3.05, 3.63) is 0 Å². The molecular formula is C30H64O4Sn. The van der Waals surface area contributed by atoms with E-state index in [0.29, 0.717) is 12.8 Å². The first-order valence-corrected chi connectivity index (χ1v) is 14.0. The van der Waals surface area contributed by atoms with Crippen molar-refractivity contribution in [2.24, 2.45) is 0 Å². The maximum atomic E-state index is 10.3. The van der Waals surface area contributed by atoms with Gasteiger partial charge in [0.2, 0.25) is 0 Å². The summed E-state index contributed by atoms with van der Waals surface area (Å²) in [5.74, 6) is -1.31. The summed E-state index contributed by atoms with van der Waals surface area (Å²) in [4.78, 5) is 20.5. The van der Waals surface area contributed by atoms with E-state index in [2.05, 4.69) is 13.8 Å². The van der Waals surface area contributed by atoms with Crippen LogP contribution in [0.5, 0.6) is 0 Å². The Morgan fingerprint density at radius 3 is 0.743 bits per heavy atom. The molecule has 0 aliphatic heterocycles. The van der Waals surface area contributed by atoms with E-state index in [0.717, 1.165) is 25.7 Å². The van der Waals surface area contributed by atoms with Crippen LogP contribution < -0.4 is 0 Å². The van der Waals surface area contributed by atoms with Gasteiger partial charge in [0.05, 0.1) is 0 Å². The summed E-state index contributed by atoms with van der Waals surface area (Å²) in [6, 6.07) is 0. The zero-order valence-electron chi connectivity index (χ0n) is 22.2. The van der Waals surface area contributed by atoms with E-state index in [1.54, 1.807) is 0 Å². The van der Waals surface area contributed by atoms with Crippen LogP contribution in [0.15, 0.2) is 0 Å². The summed E-state index contributed by atoms with van der Waals surface area (Å²) in [7, 11) is 0. The van der Waals surface area contributed by atoms with Gasteiger partial charge < -0.3 is 10.2 Å². The minimum absolute atomic E-state index is 0. The van der Waals surface area contributed by atoms with Gasteiger partial charge in [0.15, 0.2) is 0 Å². The van der Waals surface area contributed by atoms with Gasteiger partial charge >= 0.3 is 11.9 Å². The van der Waals surface area contributed by atoms with Gasteiger partial charge in [-0.25, -0.2) is 0 Å². The molecule has 0 atom stereocenters. The Hall–Kier alpha value is -0.261. The van der Waals surface area contributed by atoms with Crippen LogP contribution in [0.25, 0.3) is 0 Å². The first-order chi connectivity index (χ1) is 15.5. The van der Waals surface area contributed by atoms with Crippen molar-refractivity contribution >= 4 is 35.8 Å². The van der Waals surface area contributed by atoms with E-state index in [1.165, 1.54) is 116 Å². The van der Waals surface area contributed by atoms with Gasteiger partial charge in [0, 0.05) is 36.7 Å². The molecule has 0 heterocycles. The van der Waals surface area contributed by atoms with E-state index >= 15 is 0 Å². The van der Waals surface area contributed by atoms with Crippen LogP contribution in [0.3, 0.4) is 0 Å². The van der Waals surface area contributed by atoms with E-state index in [4.69, 9.17) is 10.2 Å². The molecule has 4 nitrogen and oxygen atoms in total. The zero-order chi connectivity index (χ0) is 24.1. The van der Waals surface area contributed by atoms with Gasteiger partial charge in [-0.2, -0.15) is 0 Å².